The Labute approximate surface area is 159 Å². The lowest BCUT2D eigenvalue weighted by atomic mass is 9.97. The average molecular weight is 401 g/mol. The number of nitrogens with two attached hydrogens (primary N) is 1. The van der Waals surface area contributed by atoms with E-state index < -0.39 is 22.2 Å². The highest BCUT2D eigenvalue weighted by Gasteiger charge is 2.32. The minimum atomic E-state index is -4.12. The molecule has 12 heteroatoms. The van der Waals surface area contributed by atoms with Crippen molar-refractivity contribution in [2.24, 2.45) is 5.14 Å². The van der Waals surface area contributed by atoms with Gasteiger partial charge < -0.3 is 10.1 Å². The first-order chi connectivity index (χ1) is 13.3. The van der Waals surface area contributed by atoms with Gasteiger partial charge in [0.2, 0.25) is 5.82 Å². The summed E-state index contributed by atoms with van der Waals surface area (Å²) in [5.41, 5.74) is 2.15. The molecule has 0 unspecified atom stereocenters. The number of ether oxygens (including phenoxy) is 1. The van der Waals surface area contributed by atoms with Crippen LogP contribution in [0.3, 0.4) is 0 Å². The van der Waals surface area contributed by atoms with Gasteiger partial charge in [-0.3, -0.25) is 0 Å². The van der Waals surface area contributed by atoms with E-state index in [1.165, 1.54) is 6.20 Å². The molecule has 144 valence electrons. The molecule has 1 amide bonds. The number of aromatic nitrogens is 5. The molecule has 11 nitrogen and oxygen atoms in total. The molecule has 1 aliphatic rings. The summed E-state index contributed by atoms with van der Waals surface area (Å²) in [5, 5.41) is 21.2. The highest BCUT2D eigenvalue weighted by Crippen LogP contribution is 2.35. The first kappa shape index (κ1) is 18.0. The molecular weight excluding hydrogens is 386 g/mol. The summed E-state index contributed by atoms with van der Waals surface area (Å²) >= 11 is 0. The van der Waals surface area contributed by atoms with Gasteiger partial charge in [0.05, 0.1) is 11.6 Å². The van der Waals surface area contributed by atoms with E-state index in [4.69, 9.17) is 9.88 Å². The van der Waals surface area contributed by atoms with Crippen LogP contribution in [-0.4, -0.2) is 46.2 Å². The Kier molecular flexibility index (Phi) is 4.28. The van der Waals surface area contributed by atoms with Crippen LogP contribution in [0, 0.1) is 0 Å². The zero-order valence-electron chi connectivity index (χ0n) is 14.5. The van der Waals surface area contributed by atoms with Crippen molar-refractivity contribution in [1.82, 2.24) is 30.9 Å². The van der Waals surface area contributed by atoms with Gasteiger partial charge in [0.1, 0.15) is 6.10 Å². The molecule has 4 rings (SSSR count). The summed E-state index contributed by atoms with van der Waals surface area (Å²) in [6, 6.07) is 8.62. The number of carbonyl (C=O) groups excluding carboxylic acids is 1. The summed E-state index contributed by atoms with van der Waals surface area (Å²) in [7, 11) is -4.12. The van der Waals surface area contributed by atoms with Gasteiger partial charge in [0, 0.05) is 6.20 Å². The van der Waals surface area contributed by atoms with Crippen LogP contribution in [0.15, 0.2) is 41.6 Å². The van der Waals surface area contributed by atoms with Gasteiger partial charge in [-0.15, -0.1) is 10.2 Å². The summed E-state index contributed by atoms with van der Waals surface area (Å²) in [6.45, 7) is 1.85. The predicted octanol–water partition coefficient (Wildman–Crippen LogP) is 0.745. The number of hydrogen-bond acceptors (Lipinski definition) is 8. The molecule has 1 fully saturated rings. The SMILES string of the molecule is C[C@H]1NC(=O)O[C@H]1c1ccc(-c2ccnc(S(N)(=O)=O)c2-c2nn[nH]n2)cc1. The van der Waals surface area contributed by atoms with Crippen molar-refractivity contribution in [2.45, 2.75) is 24.1 Å². The number of nitrogens with one attached hydrogen (secondary N) is 2. The molecule has 1 aliphatic heterocycles. The second-order valence-corrected chi connectivity index (χ2v) is 7.68. The van der Waals surface area contributed by atoms with Crippen molar-refractivity contribution in [3.63, 3.8) is 0 Å². The highest BCUT2D eigenvalue weighted by atomic mass is 32.2. The van der Waals surface area contributed by atoms with E-state index in [0.717, 1.165) is 5.56 Å². The van der Waals surface area contributed by atoms with Crippen LogP contribution < -0.4 is 10.5 Å². The second-order valence-electron chi connectivity index (χ2n) is 6.20. The number of pyridine rings is 1. The van der Waals surface area contributed by atoms with Gasteiger partial charge in [-0.2, -0.15) is 5.21 Å². The molecule has 2 aromatic heterocycles. The standard InChI is InChI=1S/C16H15N7O4S/c1-8-13(27-16(24)19-8)10-4-2-9(3-5-10)11-6-7-18-15(28(17,25)26)12(11)14-20-22-23-21-14/h2-8,13H,1H3,(H,19,24)(H2,17,25,26)(H,20,21,22,23)/t8-,13-/m1/s1. The Hall–Kier alpha value is -3.38. The number of carbonyl (C=O) groups is 1. The first-order valence-corrected chi connectivity index (χ1v) is 9.72. The number of benzene rings is 1. The van der Waals surface area contributed by atoms with Gasteiger partial charge in [0.25, 0.3) is 10.0 Å². The average Bonchev–Trinajstić information content (AvgIpc) is 3.30. The number of sulfonamides is 1. The van der Waals surface area contributed by atoms with Crippen molar-refractivity contribution in [1.29, 1.82) is 0 Å². The molecule has 4 N–H and O–H groups in total. The van der Waals surface area contributed by atoms with Crippen LogP contribution in [0.5, 0.6) is 0 Å². The fourth-order valence-electron chi connectivity index (χ4n) is 3.10. The van der Waals surface area contributed by atoms with E-state index in [1.54, 1.807) is 30.3 Å². The largest absolute Gasteiger partial charge is 0.439 e. The minimum Gasteiger partial charge on any atom is -0.439 e. The Morgan fingerprint density at radius 1 is 1.18 bits per heavy atom. The van der Waals surface area contributed by atoms with Crippen LogP contribution in [-0.2, 0) is 14.8 Å². The maximum atomic E-state index is 12.0. The number of tetrazole rings is 1. The molecule has 1 saturated heterocycles. The van der Waals surface area contributed by atoms with E-state index >= 15 is 0 Å². The van der Waals surface area contributed by atoms with Crippen LogP contribution >= 0.6 is 0 Å². The topological polar surface area (TPSA) is 166 Å². The molecule has 1 aromatic carbocycles. The number of H-pyrrole nitrogens is 1. The van der Waals surface area contributed by atoms with Gasteiger partial charge in [-0.25, -0.2) is 23.3 Å². The van der Waals surface area contributed by atoms with E-state index in [2.05, 4.69) is 30.9 Å². The number of amides is 1. The molecular formula is C16H15N7O4S. The highest BCUT2D eigenvalue weighted by molar-refractivity contribution is 7.89. The maximum Gasteiger partial charge on any atom is 0.408 e. The number of rotatable bonds is 4. The summed E-state index contributed by atoms with van der Waals surface area (Å²) in [6.07, 6.45) is 0.473. The normalized spacial score (nSPS) is 19.3. The van der Waals surface area contributed by atoms with Crippen LogP contribution in [0.25, 0.3) is 22.5 Å². The zero-order valence-corrected chi connectivity index (χ0v) is 15.3. The molecule has 0 radical (unpaired) electrons. The van der Waals surface area contributed by atoms with Crippen molar-refractivity contribution >= 4 is 16.1 Å². The Morgan fingerprint density at radius 3 is 2.50 bits per heavy atom. The number of nitrogens with zero attached hydrogens (tertiary/aromatic N) is 4. The first-order valence-electron chi connectivity index (χ1n) is 8.17. The minimum absolute atomic E-state index is 0.0544. The molecule has 3 aromatic rings. The van der Waals surface area contributed by atoms with Gasteiger partial charge in [-0.1, -0.05) is 24.3 Å². The number of alkyl carbamates (subject to hydrolysis) is 1. The molecule has 3 heterocycles. The van der Waals surface area contributed by atoms with E-state index in [-0.39, 0.29) is 22.5 Å². The summed E-state index contributed by atoms with van der Waals surface area (Å²) < 4.78 is 29.3. The Morgan fingerprint density at radius 2 is 1.93 bits per heavy atom. The fourth-order valence-corrected chi connectivity index (χ4v) is 3.80. The molecule has 0 aliphatic carbocycles. The van der Waals surface area contributed by atoms with Crippen molar-refractivity contribution < 1.29 is 17.9 Å². The predicted molar refractivity (Wildman–Crippen MR) is 96.0 cm³/mol. The molecule has 2 atom stereocenters. The van der Waals surface area contributed by atoms with Crippen LogP contribution in [0.1, 0.15) is 18.6 Å². The monoisotopic (exact) mass is 401 g/mol. The number of primary sulfonamides is 1. The molecule has 0 bridgehead atoms. The van der Waals surface area contributed by atoms with E-state index in [9.17, 15) is 13.2 Å². The summed E-state index contributed by atoms with van der Waals surface area (Å²) in [5.74, 6) is 0.0544. The van der Waals surface area contributed by atoms with Crippen molar-refractivity contribution in [2.75, 3.05) is 0 Å². The third-order valence-corrected chi connectivity index (χ3v) is 5.19. The second kappa shape index (κ2) is 6.65. The quantitative estimate of drug-likeness (QED) is 0.576. The molecule has 0 saturated carbocycles. The van der Waals surface area contributed by atoms with Crippen LogP contribution in [0.4, 0.5) is 4.79 Å². The van der Waals surface area contributed by atoms with E-state index in [0.29, 0.717) is 11.1 Å². The third kappa shape index (κ3) is 3.18. The fraction of sp³-hybridized carbons (Fsp3) is 0.188. The van der Waals surface area contributed by atoms with Crippen molar-refractivity contribution in [3.05, 3.63) is 42.1 Å². The number of hydrogen-bond donors (Lipinski definition) is 3. The lowest BCUT2D eigenvalue weighted by Crippen LogP contribution is -2.23. The number of cyclic esters (lactones) is 1. The van der Waals surface area contributed by atoms with Gasteiger partial charge in [0.15, 0.2) is 5.03 Å². The van der Waals surface area contributed by atoms with Gasteiger partial charge >= 0.3 is 6.09 Å². The number of aromatic amines is 1. The molecule has 28 heavy (non-hydrogen) atoms. The smallest absolute Gasteiger partial charge is 0.408 e. The van der Waals surface area contributed by atoms with Crippen molar-refractivity contribution in [3.8, 4) is 22.5 Å². The molecule has 0 spiro atoms. The maximum absolute atomic E-state index is 12.0. The van der Waals surface area contributed by atoms with Crippen LogP contribution in [0.2, 0.25) is 0 Å². The van der Waals surface area contributed by atoms with E-state index in [1.807, 2.05) is 6.92 Å². The lowest BCUT2D eigenvalue weighted by Gasteiger charge is -2.14. The Balaban J connectivity index is 1.81. The Bertz CT molecular complexity index is 1130. The third-order valence-electron chi connectivity index (χ3n) is 4.34. The summed E-state index contributed by atoms with van der Waals surface area (Å²) in [4.78, 5) is 15.3. The van der Waals surface area contributed by atoms with Gasteiger partial charge in [-0.05, 0) is 34.9 Å². The zero-order chi connectivity index (χ0) is 19.9. The lowest BCUT2D eigenvalue weighted by molar-refractivity contribution is 0.134.